The lowest BCUT2D eigenvalue weighted by atomic mass is 10.1. The maximum Gasteiger partial charge on any atom is 0.166 e. The van der Waals surface area contributed by atoms with Crippen LogP contribution in [0.1, 0.15) is 5.56 Å². The Morgan fingerprint density at radius 3 is 2.17 bits per heavy atom. The lowest BCUT2D eigenvalue weighted by Crippen LogP contribution is -2.03. The Bertz CT molecular complexity index is 1610. The summed E-state index contributed by atoms with van der Waals surface area (Å²) in [7, 11) is 0. The lowest BCUT2D eigenvalue weighted by Gasteiger charge is -2.10. The van der Waals surface area contributed by atoms with Crippen LogP contribution in [0.5, 0.6) is 0 Å². The predicted molar refractivity (Wildman–Crippen MR) is 137 cm³/mol. The van der Waals surface area contributed by atoms with E-state index < -0.39 is 0 Å². The Kier molecular flexibility index (Phi) is 5.20. The van der Waals surface area contributed by atoms with E-state index in [0.29, 0.717) is 23.5 Å². The van der Waals surface area contributed by atoms with Crippen molar-refractivity contribution in [3.05, 3.63) is 109 Å². The molecule has 0 aliphatic carbocycles. The number of hydrogen-bond acceptors (Lipinski definition) is 6. The van der Waals surface area contributed by atoms with Gasteiger partial charge in [-0.1, -0.05) is 66.7 Å². The van der Waals surface area contributed by atoms with E-state index in [1.807, 2.05) is 54.6 Å². The molecule has 0 fully saturated rings. The van der Waals surface area contributed by atoms with Crippen LogP contribution in [-0.2, 0) is 6.54 Å². The van der Waals surface area contributed by atoms with Crippen molar-refractivity contribution in [3.8, 4) is 34.0 Å². The minimum Gasteiger partial charge on any atom is -0.382 e. The second-order valence-corrected chi connectivity index (χ2v) is 8.14. The van der Waals surface area contributed by atoms with Gasteiger partial charge >= 0.3 is 0 Å². The molecule has 6 aromatic rings. The van der Waals surface area contributed by atoms with Crippen LogP contribution in [0.4, 0.5) is 5.82 Å². The van der Waals surface area contributed by atoms with Gasteiger partial charge in [0.2, 0.25) is 0 Å². The second kappa shape index (κ2) is 8.79. The highest BCUT2D eigenvalue weighted by molar-refractivity contribution is 5.85. The Morgan fingerprint density at radius 1 is 0.629 bits per heavy atom. The largest absolute Gasteiger partial charge is 0.382 e. The van der Waals surface area contributed by atoms with Crippen LogP contribution < -0.4 is 5.73 Å². The lowest BCUT2D eigenvalue weighted by molar-refractivity contribution is 0.823. The normalized spacial score (nSPS) is 11.1. The van der Waals surface area contributed by atoms with Crippen molar-refractivity contribution >= 4 is 17.0 Å². The van der Waals surface area contributed by atoms with Gasteiger partial charge in [-0.2, -0.15) is 0 Å². The molecule has 0 aliphatic rings. The number of benzene rings is 2. The second-order valence-electron chi connectivity index (χ2n) is 8.14. The van der Waals surface area contributed by atoms with E-state index in [9.17, 15) is 0 Å². The fourth-order valence-corrected chi connectivity index (χ4v) is 4.13. The molecule has 0 radical (unpaired) electrons. The zero-order chi connectivity index (χ0) is 23.6. The molecule has 0 bridgehead atoms. The van der Waals surface area contributed by atoms with Gasteiger partial charge < -0.3 is 10.3 Å². The Hall–Kier alpha value is -4.91. The summed E-state index contributed by atoms with van der Waals surface area (Å²) in [5.41, 5.74) is 13.1. The van der Waals surface area contributed by atoms with Crippen molar-refractivity contribution in [3.63, 3.8) is 0 Å². The maximum absolute atomic E-state index is 6.13. The molecule has 0 aliphatic heterocycles. The van der Waals surface area contributed by atoms with Gasteiger partial charge in [0.15, 0.2) is 17.0 Å². The third-order valence-corrected chi connectivity index (χ3v) is 5.86. The number of nitrogens with two attached hydrogens (primary N) is 1. The van der Waals surface area contributed by atoms with Gasteiger partial charge in [-0.05, 0) is 29.8 Å². The van der Waals surface area contributed by atoms with Crippen LogP contribution >= 0.6 is 0 Å². The first-order chi connectivity index (χ1) is 17.3. The van der Waals surface area contributed by atoms with Crippen molar-refractivity contribution in [2.45, 2.75) is 6.54 Å². The van der Waals surface area contributed by atoms with E-state index in [2.05, 4.69) is 55.9 Å². The van der Waals surface area contributed by atoms with E-state index in [0.717, 1.165) is 39.6 Å². The van der Waals surface area contributed by atoms with Gasteiger partial charge in [0, 0.05) is 17.3 Å². The van der Waals surface area contributed by atoms with Crippen LogP contribution in [0.15, 0.2) is 104 Å². The van der Waals surface area contributed by atoms with Crippen molar-refractivity contribution in [1.82, 2.24) is 29.5 Å². The predicted octanol–water partition coefficient (Wildman–Crippen LogP) is 5.25. The number of hydrogen-bond donors (Lipinski definition) is 1. The smallest absolute Gasteiger partial charge is 0.166 e. The molecule has 4 aromatic heterocycles. The quantitative estimate of drug-likeness (QED) is 0.382. The average Bonchev–Trinajstić information content (AvgIpc) is 3.29. The van der Waals surface area contributed by atoms with Gasteiger partial charge in [-0.15, -0.1) is 0 Å². The molecule has 6 rings (SSSR count). The summed E-state index contributed by atoms with van der Waals surface area (Å²) in [5.74, 6) is 1.16. The summed E-state index contributed by atoms with van der Waals surface area (Å²) in [6.07, 6.45) is 3.26. The summed E-state index contributed by atoms with van der Waals surface area (Å²) >= 11 is 0. The molecule has 35 heavy (non-hydrogen) atoms. The molecule has 7 nitrogen and oxygen atoms in total. The topological polar surface area (TPSA) is 95.4 Å². The minimum atomic E-state index is 0.371. The SMILES string of the molecule is Nc1ncnc2c1nc(-c1ccc(-c3cccc(-c4ccccn4)n3)cc1)n2Cc1ccccc1. The first kappa shape index (κ1) is 20.7. The third kappa shape index (κ3) is 4.00. The number of nitrogens with zero attached hydrogens (tertiary/aromatic N) is 6. The van der Waals surface area contributed by atoms with Gasteiger partial charge in [0.05, 0.1) is 23.6 Å². The summed E-state index contributed by atoms with van der Waals surface area (Å²) in [6.45, 7) is 0.624. The fraction of sp³-hybridized carbons (Fsp3) is 0.0357. The van der Waals surface area contributed by atoms with Crippen LogP contribution in [0.3, 0.4) is 0 Å². The number of rotatable bonds is 5. The van der Waals surface area contributed by atoms with Gasteiger partial charge in [-0.25, -0.2) is 19.9 Å². The Morgan fingerprint density at radius 2 is 1.37 bits per heavy atom. The van der Waals surface area contributed by atoms with E-state index >= 15 is 0 Å². The van der Waals surface area contributed by atoms with Gasteiger partial charge in [-0.3, -0.25) is 4.98 Å². The fourth-order valence-electron chi connectivity index (χ4n) is 4.13. The van der Waals surface area contributed by atoms with Crippen molar-refractivity contribution < 1.29 is 0 Å². The monoisotopic (exact) mass is 455 g/mol. The van der Waals surface area contributed by atoms with E-state index in [1.165, 1.54) is 6.33 Å². The highest BCUT2D eigenvalue weighted by Crippen LogP contribution is 2.29. The Balaban J connectivity index is 1.40. The number of pyridine rings is 2. The molecule has 0 unspecified atom stereocenters. The summed E-state index contributed by atoms with van der Waals surface area (Å²) in [4.78, 5) is 22.7. The average molecular weight is 456 g/mol. The molecule has 0 atom stereocenters. The van der Waals surface area contributed by atoms with Gasteiger partial charge in [0.1, 0.15) is 12.2 Å². The number of nitrogen functional groups attached to an aromatic ring is 1. The number of anilines is 1. The molecule has 2 aromatic carbocycles. The summed E-state index contributed by atoms with van der Waals surface area (Å²) in [6, 6.07) is 30.2. The molecule has 0 amide bonds. The summed E-state index contributed by atoms with van der Waals surface area (Å²) < 4.78 is 2.08. The third-order valence-electron chi connectivity index (χ3n) is 5.86. The number of aromatic nitrogens is 6. The summed E-state index contributed by atoms with van der Waals surface area (Å²) in [5, 5.41) is 0. The van der Waals surface area contributed by atoms with E-state index in [1.54, 1.807) is 6.20 Å². The minimum absolute atomic E-state index is 0.371. The zero-order valence-corrected chi connectivity index (χ0v) is 18.8. The standard InChI is InChI=1S/C28H21N7/c29-26-25-28(32-18-31-26)35(17-19-7-2-1-3-8-19)27(34-25)21-14-12-20(13-15-21)22-10-6-11-24(33-22)23-9-4-5-16-30-23/h1-16,18H,17H2,(H2,29,31,32). The first-order valence-electron chi connectivity index (χ1n) is 11.3. The molecule has 0 saturated heterocycles. The number of imidazole rings is 1. The molecular formula is C28H21N7. The van der Waals surface area contributed by atoms with Crippen LogP contribution in [0, 0.1) is 0 Å². The molecule has 0 spiro atoms. The molecule has 4 heterocycles. The highest BCUT2D eigenvalue weighted by Gasteiger charge is 2.17. The van der Waals surface area contributed by atoms with E-state index in [4.69, 9.17) is 15.7 Å². The van der Waals surface area contributed by atoms with Crippen molar-refractivity contribution in [2.75, 3.05) is 5.73 Å². The number of fused-ring (bicyclic) bond motifs is 1. The van der Waals surface area contributed by atoms with Crippen LogP contribution in [-0.4, -0.2) is 29.5 Å². The first-order valence-corrected chi connectivity index (χ1v) is 11.3. The van der Waals surface area contributed by atoms with Crippen molar-refractivity contribution in [2.24, 2.45) is 0 Å². The zero-order valence-electron chi connectivity index (χ0n) is 18.8. The molecule has 2 N–H and O–H groups in total. The van der Waals surface area contributed by atoms with Crippen LogP contribution in [0.25, 0.3) is 45.2 Å². The Labute approximate surface area is 202 Å². The maximum atomic E-state index is 6.13. The molecule has 7 heteroatoms. The molecular weight excluding hydrogens is 434 g/mol. The molecule has 0 saturated carbocycles. The van der Waals surface area contributed by atoms with Crippen LogP contribution in [0.2, 0.25) is 0 Å². The van der Waals surface area contributed by atoms with E-state index in [-0.39, 0.29) is 0 Å². The van der Waals surface area contributed by atoms with Crippen molar-refractivity contribution in [1.29, 1.82) is 0 Å². The van der Waals surface area contributed by atoms with Gasteiger partial charge in [0.25, 0.3) is 0 Å². The highest BCUT2D eigenvalue weighted by atomic mass is 15.2. The molecule has 168 valence electrons.